The number of fused-ring (bicyclic) bond motifs is 1. The maximum absolute atomic E-state index is 13.6. The third kappa shape index (κ3) is 4.46. The minimum Gasteiger partial charge on any atom is -0.396 e. The summed E-state index contributed by atoms with van der Waals surface area (Å²) in [5.74, 6) is 0.105. The number of hydrogen-bond donors (Lipinski definition) is 2. The van der Waals surface area contributed by atoms with E-state index < -0.39 is 5.92 Å². The van der Waals surface area contributed by atoms with Gasteiger partial charge < -0.3 is 15.3 Å². The van der Waals surface area contributed by atoms with E-state index in [1.165, 1.54) is 0 Å². The van der Waals surface area contributed by atoms with Crippen LogP contribution < -0.4 is 5.32 Å². The predicted octanol–water partition coefficient (Wildman–Crippen LogP) is 3.64. The first-order chi connectivity index (χ1) is 14.4. The van der Waals surface area contributed by atoms with Crippen molar-refractivity contribution in [2.45, 2.75) is 31.6 Å². The molecule has 158 valence electrons. The van der Waals surface area contributed by atoms with Gasteiger partial charge >= 0.3 is 0 Å². The zero-order valence-electron chi connectivity index (χ0n) is 16.4. The lowest BCUT2D eigenvalue weighted by atomic mass is 9.88. The molecule has 1 atom stereocenters. The zero-order valence-corrected chi connectivity index (χ0v) is 17.9. The number of aryl methyl sites for hydroxylation is 1. The molecule has 2 aliphatic heterocycles. The molecule has 1 aromatic carbocycles. The number of hydrogen-bond acceptors (Lipinski definition) is 4. The summed E-state index contributed by atoms with van der Waals surface area (Å²) in [6.07, 6.45) is 4.18. The molecule has 8 heteroatoms. The van der Waals surface area contributed by atoms with Gasteiger partial charge in [-0.15, -0.1) is 0 Å². The van der Waals surface area contributed by atoms with E-state index in [4.69, 9.17) is 23.2 Å². The van der Waals surface area contributed by atoms with Crippen molar-refractivity contribution in [3.63, 3.8) is 0 Å². The van der Waals surface area contributed by atoms with Gasteiger partial charge in [-0.1, -0.05) is 23.2 Å². The number of anilines is 1. The summed E-state index contributed by atoms with van der Waals surface area (Å²) in [6.45, 7) is 1.35. The highest BCUT2D eigenvalue weighted by molar-refractivity contribution is 6.34. The van der Waals surface area contributed by atoms with Gasteiger partial charge in [0, 0.05) is 42.4 Å². The lowest BCUT2D eigenvalue weighted by Gasteiger charge is -2.34. The molecule has 1 unspecified atom stereocenters. The van der Waals surface area contributed by atoms with Crippen LogP contribution in [0.2, 0.25) is 10.0 Å². The van der Waals surface area contributed by atoms with E-state index in [-0.39, 0.29) is 24.3 Å². The number of aromatic nitrogens is 1. The Kier molecular flexibility index (Phi) is 6.27. The average Bonchev–Trinajstić information content (AvgIpc) is 2.73. The largest absolute Gasteiger partial charge is 0.396 e. The van der Waals surface area contributed by atoms with Gasteiger partial charge in [-0.25, -0.2) is 4.98 Å². The van der Waals surface area contributed by atoms with Crippen molar-refractivity contribution in [2.24, 2.45) is 5.92 Å². The van der Waals surface area contributed by atoms with Crippen LogP contribution in [0.4, 0.5) is 5.82 Å². The standard InChI is InChI=1S/C22H23Cl2N3O3/c23-17-8-15(9-18(24)10-17)20(22(30)27-5-3-13(12-28)4-6-27)16-7-14-1-2-19(29)26-21(14)25-11-16/h7-11,13,20,28H,1-6,12H2,(H,25,26,29). The summed E-state index contributed by atoms with van der Waals surface area (Å²) in [4.78, 5) is 31.5. The number of carbonyl (C=O) groups is 2. The fraction of sp³-hybridized carbons (Fsp3) is 0.409. The highest BCUT2D eigenvalue weighted by Crippen LogP contribution is 2.34. The van der Waals surface area contributed by atoms with Gasteiger partial charge in [-0.05, 0) is 66.1 Å². The van der Waals surface area contributed by atoms with Gasteiger partial charge in [0.2, 0.25) is 11.8 Å². The fourth-order valence-corrected chi connectivity index (χ4v) is 4.71. The Morgan fingerprint density at radius 3 is 2.50 bits per heavy atom. The van der Waals surface area contributed by atoms with Crippen LogP contribution in [-0.4, -0.2) is 46.5 Å². The molecule has 0 radical (unpaired) electrons. The van der Waals surface area contributed by atoms with Gasteiger partial charge in [0.25, 0.3) is 0 Å². The number of benzene rings is 1. The molecule has 1 fully saturated rings. The van der Waals surface area contributed by atoms with Crippen molar-refractivity contribution < 1.29 is 14.7 Å². The Morgan fingerprint density at radius 1 is 1.13 bits per heavy atom. The molecule has 6 nitrogen and oxygen atoms in total. The van der Waals surface area contributed by atoms with Gasteiger partial charge in [0.15, 0.2) is 0 Å². The summed E-state index contributed by atoms with van der Waals surface area (Å²) < 4.78 is 0. The molecule has 30 heavy (non-hydrogen) atoms. The molecule has 0 bridgehead atoms. The smallest absolute Gasteiger partial charge is 0.234 e. The van der Waals surface area contributed by atoms with E-state index in [1.807, 2.05) is 11.0 Å². The van der Waals surface area contributed by atoms with Crippen molar-refractivity contribution in [1.82, 2.24) is 9.88 Å². The summed E-state index contributed by atoms with van der Waals surface area (Å²) in [5.41, 5.74) is 2.37. The second kappa shape index (κ2) is 8.92. The number of rotatable bonds is 4. The van der Waals surface area contributed by atoms with Crippen molar-refractivity contribution in [2.75, 3.05) is 25.0 Å². The van der Waals surface area contributed by atoms with Crippen LogP contribution in [-0.2, 0) is 16.0 Å². The first-order valence-electron chi connectivity index (χ1n) is 10.1. The van der Waals surface area contributed by atoms with E-state index in [0.717, 1.165) is 24.0 Å². The topological polar surface area (TPSA) is 82.5 Å². The monoisotopic (exact) mass is 447 g/mol. The zero-order chi connectivity index (χ0) is 21.3. The minimum atomic E-state index is -0.595. The number of likely N-dealkylation sites (tertiary alicyclic amines) is 1. The molecule has 0 spiro atoms. The maximum Gasteiger partial charge on any atom is 0.234 e. The average molecular weight is 448 g/mol. The van der Waals surface area contributed by atoms with Crippen LogP contribution in [0.5, 0.6) is 0 Å². The van der Waals surface area contributed by atoms with Gasteiger partial charge in [-0.3, -0.25) is 9.59 Å². The molecule has 0 aliphatic carbocycles. The van der Waals surface area contributed by atoms with Gasteiger partial charge in [0.05, 0.1) is 5.92 Å². The summed E-state index contributed by atoms with van der Waals surface area (Å²) >= 11 is 12.5. The Labute approximate surface area is 185 Å². The second-order valence-corrected chi connectivity index (χ2v) is 8.78. The summed E-state index contributed by atoms with van der Waals surface area (Å²) in [7, 11) is 0. The highest BCUT2D eigenvalue weighted by Gasteiger charge is 2.32. The number of carbonyl (C=O) groups excluding carboxylic acids is 2. The lowest BCUT2D eigenvalue weighted by Crippen LogP contribution is -2.42. The third-order valence-electron chi connectivity index (χ3n) is 5.85. The molecular weight excluding hydrogens is 425 g/mol. The number of aliphatic hydroxyl groups excluding tert-OH is 1. The number of pyridine rings is 1. The molecule has 2 amide bonds. The minimum absolute atomic E-state index is 0.0358. The van der Waals surface area contributed by atoms with Crippen LogP contribution >= 0.6 is 23.2 Å². The van der Waals surface area contributed by atoms with Crippen LogP contribution in [0.15, 0.2) is 30.5 Å². The van der Waals surface area contributed by atoms with Crippen molar-refractivity contribution in [3.8, 4) is 0 Å². The quantitative estimate of drug-likeness (QED) is 0.749. The van der Waals surface area contributed by atoms with E-state index in [0.29, 0.717) is 47.4 Å². The van der Waals surface area contributed by atoms with Crippen molar-refractivity contribution in [1.29, 1.82) is 0 Å². The lowest BCUT2D eigenvalue weighted by molar-refractivity contribution is -0.133. The van der Waals surface area contributed by atoms with Crippen LogP contribution in [0.25, 0.3) is 0 Å². The molecule has 1 aromatic heterocycles. The van der Waals surface area contributed by atoms with Crippen molar-refractivity contribution >= 4 is 40.8 Å². The summed E-state index contributed by atoms with van der Waals surface area (Å²) in [6, 6.07) is 7.11. The number of halogens is 2. The number of piperidine rings is 1. The Bertz CT molecular complexity index is 954. The van der Waals surface area contributed by atoms with E-state index in [9.17, 15) is 14.7 Å². The number of amides is 2. The van der Waals surface area contributed by atoms with Gasteiger partial charge in [-0.2, -0.15) is 0 Å². The fourth-order valence-electron chi connectivity index (χ4n) is 4.17. The molecule has 2 aromatic rings. The first kappa shape index (κ1) is 21.1. The Morgan fingerprint density at radius 2 is 1.83 bits per heavy atom. The Balaban J connectivity index is 1.71. The van der Waals surface area contributed by atoms with Gasteiger partial charge in [0.1, 0.15) is 5.82 Å². The van der Waals surface area contributed by atoms with Crippen LogP contribution in [0.1, 0.15) is 41.9 Å². The van der Waals surface area contributed by atoms with E-state index in [2.05, 4.69) is 10.3 Å². The van der Waals surface area contributed by atoms with Crippen molar-refractivity contribution in [3.05, 3.63) is 57.2 Å². The maximum atomic E-state index is 13.6. The first-order valence-corrected chi connectivity index (χ1v) is 10.8. The second-order valence-electron chi connectivity index (χ2n) is 7.91. The predicted molar refractivity (Wildman–Crippen MR) is 116 cm³/mol. The summed E-state index contributed by atoms with van der Waals surface area (Å²) in [5, 5.41) is 13.1. The number of nitrogens with zero attached hydrogens (tertiary/aromatic N) is 2. The number of nitrogens with one attached hydrogen (secondary N) is 1. The number of aliphatic hydroxyl groups is 1. The third-order valence-corrected chi connectivity index (χ3v) is 6.29. The highest BCUT2D eigenvalue weighted by atomic mass is 35.5. The normalized spacial score (nSPS) is 18.0. The molecule has 2 N–H and O–H groups in total. The van der Waals surface area contributed by atoms with E-state index >= 15 is 0 Å². The molecule has 1 saturated heterocycles. The van der Waals surface area contributed by atoms with Crippen LogP contribution in [0, 0.1) is 5.92 Å². The Hall–Kier alpha value is -2.15. The van der Waals surface area contributed by atoms with E-state index in [1.54, 1.807) is 24.4 Å². The molecule has 3 heterocycles. The molecule has 4 rings (SSSR count). The molecule has 2 aliphatic rings. The SMILES string of the molecule is O=C1CCc2cc(C(C(=O)N3CCC(CO)CC3)c3cc(Cl)cc(Cl)c3)cnc2N1. The molecule has 0 saturated carbocycles. The van der Waals surface area contributed by atoms with Crippen LogP contribution in [0.3, 0.4) is 0 Å². The molecular formula is C22H23Cl2N3O3.